The monoisotopic (exact) mass is 235 g/mol. The standard InChI is InChI=1S/C14H25N3/c1-11-5-6-12(7-11)9-17-10-16-8-13(17)14(2,3)15-4/h8,10-12,15H,5-7,9H2,1-4H3. The average Bonchev–Trinajstić information content (AvgIpc) is 2.89. The zero-order chi connectivity index (χ0) is 12.5. The maximum absolute atomic E-state index is 4.32. The third-order valence-corrected chi connectivity index (χ3v) is 4.24. The fourth-order valence-corrected chi connectivity index (χ4v) is 2.88. The van der Waals surface area contributed by atoms with Gasteiger partial charge in [-0.2, -0.15) is 0 Å². The topological polar surface area (TPSA) is 29.9 Å². The Kier molecular flexibility index (Phi) is 3.57. The number of nitrogens with zero attached hydrogens (tertiary/aromatic N) is 2. The third-order valence-electron chi connectivity index (χ3n) is 4.24. The van der Waals surface area contributed by atoms with Crippen LogP contribution in [0.1, 0.15) is 45.7 Å². The Bertz CT molecular complexity index is 367. The predicted molar refractivity (Wildman–Crippen MR) is 70.8 cm³/mol. The Balaban J connectivity index is 2.09. The normalized spacial score (nSPS) is 25.4. The minimum atomic E-state index is 0.000715. The summed E-state index contributed by atoms with van der Waals surface area (Å²) in [6.07, 6.45) is 8.12. The second kappa shape index (κ2) is 4.81. The van der Waals surface area contributed by atoms with Crippen molar-refractivity contribution in [2.45, 2.75) is 52.1 Å². The van der Waals surface area contributed by atoms with Gasteiger partial charge >= 0.3 is 0 Å². The molecule has 2 unspecified atom stereocenters. The van der Waals surface area contributed by atoms with Gasteiger partial charge in [-0.3, -0.25) is 0 Å². The van der Waals surface area contributed by atoms with Gasteiger partial charge in [-0.25, -0.2) is 4.98 Å². The van der Waals surface area contributed by atoms with E-state index >= 15 is 0 Å². The van der Waals surface area contributed by atoms with Gasteiger partial charge in [0.25, 0.3) is 0 Å². The molecule has 0 aliphatic heterocycles. The smallest absolute Gasteiger partial charge is 0.0948 e. The SMILES string of the molecule is CNC(C)(C)c1cncn1CC1CCC(C)C1. The summed E-state index contributed by atoms with van der Waals surface area (Å²) >= 11 is 0. The highest BCUT2D eigenvalue weighted by Crippen LogP contribution is 2.32. The number of hydrogen-bond acceptors (Lipinski definition) is 2. The van der Waals surface area contributed by atoms with Crippen LogP contribution in [0.2, 0.25) is 0 Å². The lowest BCUT2D eigenvalue weighted by Gasteiger charge is -2.26. The van der Waals surface area contributed by atoms with E-state index in [-0.39, 0.29) is 5.54 Å². The van der Waals surface area contributed by atoms with Crippen LogP contribution < -0.4 is 5.32 Å². The quantitative estimate of drug-likeness (QED) is 0.869. The van der Waals surface area contributed by atoms with E-state index in [4.69, 9.17) is 0 Å². The molecule has 0 amide bonds. The zero-order valence-electron chi connectivity index (χ0n) is 11.5. The lowest BCUT2D eigenvalue weighted by Crippen LogP contribution is -2.35. The number of nitrogens with one attached hydrogen (secondary N) is 1. The van der Waals surface area contributed by atoms with E-state index in [0.29, 0.717) is 0 Å². The van der Waals surface area contributed by atoms with Crippen LogP contribution in [0.5, 0.6) is 0 Å². The van der Waals surface area contributed by atoms with Gasteiger partial charge in [0, 0.05) is 12.7 Å². The molecular formula is C14H25N3. The highest BCUT2D eigenvalue weighted by Gasteiger charge is 2.26. The van der Waals surface area contributed by atoms with Crippen molar-refractivity contribution in [3.05, 3.63) is 18.2 Å². The molecule has 0 spiro atoms. The van der Waals surface area contributed by atoms with Crippen molar-refractivity contribution in [2.75, 3.05) is 7.05 Å². The Morgan fingerprint density at radius 2 is 2.24 bits per heavy atom. The van der Waals surface area contributed by atoms with E-state index in [1.807, 2.05) is 19.6 Å². The molecule has 1 aromatic heterocycles. The van der Waals surface area contributed by atoms with Crippen LogP contribution in [0.25, 0.3) is 0 Å². The van der Waals surface area contributed by atoms with E-state index in [1.54, 1.807) is 0 Å². The first kappa shape index (κ1) is 12.6. The summed E-state index contributed by atoms with van der Waals surface area (Å²) in [6, 6.07) is 0. The molecule has 1 aliphatic carbocycles. The molecule has 3 heteroatoms. The van der Waals surface area contributed by atoms with E-state index in [2.05, 4.69) is 35.6 Å². The fraction of sp³-hybridized carbons (Fsp3) is 0.786. The second-order valence-corrected chi connectivity index (χ2v) is 6.09. The van der Waals surface area contributed by atoms with E-state index in [1.165, 1.54) is 25.0 Å². The molecular weight excluding hydrogens is 210 g/mol. The summed E-state index contributed by atoms with van der Waals surface area (Å²) in [5.74, 6) is 1.75. The molecule has 0 aromatic carbocycles. The predicted octanol–water partition coefficient (Wildman–Crippen LogP) is 2.77. The van der Waals surface area contributed by atoms with Crippen molar-refractivity contribution in [3.8, 4) is 0 Å². The minimum Gasteiger partial charge on any atom is -0.333 e. The number of imidazole rings is 1. The molecule has 1 N–H and O–H groups in total. The zero-order valence-corrected chi connectivity index (χ0v) is 11.5. The molecule has 0 radical (unpaired) electrons. The Labute approximate surface area is 105 Å². The summed E-state index contributed by atoms with van der Waals surface area (Å²) in [6.45, 7) is 7.91. The molecule has 0 saturated heterocycles. The summed E-state index contributed by atoms with van der Waals surface area (Å²) in [5, 5.41) is 3.36. The first-order valence-electron chi connectivity index (χ1n) is 6.72. The molecule has 17 heavy (non-hydrogen) atoms. The molecule has 1 heterocycles. The Morgan fingerprint density at radius 1 is 1.47 bits per heavy atom. The maximum atomic E-state index is 4.32. The highest BCUT2D eigenvalue weighted by molar-refractivity contribution is 5.11. The first-order valence-corrected chi connectivity index (χ1v) is 6.72. The molecule has 0 bridgehead atoms. The maximum Gasteiger partial charge on any atom is 0.0948 e. The molecule has 1 aliphatic rings. The minimum absolute atomic E-state index is 0.000715. The fourth-order valence-electron chi connectivity index (χ4n) is 2.88. The molecule has 1 aromatic rings. The van der Waals surface area contributed by atoms with E-state index in [0.717, 1.165) is 18.4 Å². The van der Waals surface area contributed by atoms with Crippen molar-refractivity contribution in [3.63, 3.8) is 0 Å². The number of rotatable bonds is 4. The molecule has 96 valence electrons. The second-order valence-electron chi connectivity index (χ2n) is 6.09. The van der Waals surface area contributed by atoms with Gasteiger partial charge in [0.2, 0.25) is 0 Å². The largest absolute Gasteiger partial charge is 0.333 e. The van der Waals surface area contributed by atoms with Crippen LogP contribution in [0.3, 0.4) is 0 Å². The summed E-state index contributed by atoms with van der Waals surface area (Å²) in [5.41, 5.74) is 1.29. The molecule has 2 atom stereocenters. The number of hydrogen-bond donors (Lipinski definition) is 1. The first-order chi connectivity index (χ1) is 8.03. The van der Waals surface area contributed by atoms with Gasteiger partial charge in [-0.05, 0) is 45.6 Å². The lowest BCUT2D eigenvalue weighted by atomic mass is 10.0. The van der Waals surface area contributed by atoms with E-state index < -0.39 is 0 Å². The number of aromatic nitrogens is 2. The van der Waals surface area contributed by atoms with Crippen molar-refractivity contribution >= 4 is 0 Å². The van der Waals surface area contributed by atoms with Crippen molar-refractivity contribution in [2.24, 2.45) is 11.8 Å². The van der Waals surface area contributed by atoms with Crippen LogP contribution in [0.15, 0.2) is 12.5 Å². The van der Waals surface area contributed by atoms with Crippen molar-refractivity contribution in [1.29, 1.82) is 0 Å². The van der Waals surface area contributed by atoms with Crippen LogP contribution in [-0.2, 0) is 12.1 Å². The Hall–Kier alpha value is -0.830. The lowest BCUT2D eigenvalue weighted by molar-refractivity contribution is 0.375. The van der Waals surface area contributed by atoms with Gasteiger partial charge in [0.05, 0.1) is 17.6 Å². The van der Waals surface area contributed by atoms with Crippen LogP contribution in [-0.4, -0.2) is 16.6 Å². The van der Waals surface area contributed by atoms with Crippen molar-refractivity contribution < 1.29 is 0 Å². The summed E-state index contributed by atoms with van der Waals surface area (Å²) in [7, 11) is 2.01. The molecule has 2 rings (SSSR count). The third kappa shape index (κ3) is 2.71. The Morgan fingerprint density at radius 3 is 2.82 bits per heavy atom. The van der Waals surface area contributed by atoms with Crippen molar-refractivity contribution in [1.82, 2.24) is 14.9 Å². The highest BCUT2D eigenvalue weighted by atomic mass is 15.1. The molecule has 1 fully saturated rings. The average molecular weight is 235 g/mol. The van der Waals surface area contributed by atoms with Gasteiger partial charge < -0.3 is 9.88 Å². The van der Waals surface area contributed by atoms with E-state index in [9.17, 15) is 0 Å². The van der Waals surface area contributed by atoms with Crippen LogP contribution in [0.4, 0.5) is 0 Å². The molecule has 3 nitrogen and oxygen atoms in total. The van der Waals surface area contributed by atoms with Gasteiger partial charge in [-0.1, -0.05) is 13.3 Å². The van der Waals surface area contributed by atoms with Crippen LogP contribution >= 0.6 is 0 Å². The van der Waals surface area contributed by atoms with Gasteiger partial charge in [-0.15, -0.1) is 0 Å². The van der Waals surface area contributed by atoms with Gasteiger partial charge in [0.1, 0.15) is 0 Å². The summed E-state index contributed by atoms with van der Waals surface area (Å²) < 4.78 is 2.33. The summed E-state index contributed by atoms with van der Waals surface area (Å²) in [4.78, 5) is 4.32. The van der Waals surface area contributed by atoms with Gasteiger partial charge in [0.15, 0.2) is 0 Å². The van der Waals surface area contributed by atoms with Crippen LogP contribution in [0, 0.1) is 11.8 Å². The molecule has 1 saturated carbocycles.